The first-order valence-corrected chi connectivity index (χ1v) is 12.6. The summed E-state index contributed by atoms with van der Waals surface area (Å²) in [5.41, 5.74) is 1.97. The normalized spacial score (nSPS) is 17.3. The number of nitriles is 1. The van der Waals surface area contributed by atoms with Gasteiger partial charge in [0.05, 0.1) is 34.7 Å². The lowest BCUT2D eigenvalue weighted by atomic mass is 9.96. The topological polar surface area (TPSA) is 116 Å². The highest BCUT2D eigenvalue weighted by Crippen LogP contribution is 2.32. The Bertz CT molecular complexity index is 1200. The first-order chi connectivity index (χ1) is 15.8. The number of fused-ring (bicyclic) bond motifs is 1. The minimum absolute atomic E-state index is 0.106. The molecule has 3 heterocycles. The van der Waals surface area contributed by atoms with Crippen LogP contribution < -0.4 is 4.90 Å². The van der Waals surface area contributed by atoms with Crippen LogP contribution in [0.15, 0.2) is 29.2 Å². The summed E-state index contributed by atoms with van der Waals surface area (Å²) in [6.45, 7) is 5.78. The number of ether oxygens (including phenoxy) is 1. The van der Waals surface area contributed by atoms with Crippen molar-refractivity contribution in [1.29, 1.82) is 5.26 Å². The molecule has 1 fully saturated rings. The van der Waals surface area contributed by atoms with E-state index in [1.54, 1.807) is 19.1 Å². The first-order valence-electron chi connectivity index (χ1n) is 11.1. The second kappa shape index (κ2) is 9.45. The van der Waals surface area contributed by atoms with E-state index in [-0.39, 0.29) is 23.3 Å². The third kappa shape index (κ3) is 4.70. The van der Waals surface area contributed by atoms with Crippen molar-refractivity contribution < 1.29 is 17.9 Å². The molecule has 4 rings (SSSR count). The van der Waals surface area contributed by atoms with E-state index in [4.69, 9.17) is 10.00 Å². The number of aryl methyl sites for hydroxylation is 1. The Kier molecular flexibility index (Phi) is 6.63. The number of benzene rings is 1. The zero-order valence-corrected chi connectivity index (χ0v) is 19.6. The van der Waals surface area contributed by atoms with Crippen molar-refractivity contribution in [3.05, 3.63) is 46.9 Å². The molecule has 0 spiro atoms. The van der Waals surface area contributed by atoms with Crippen molar-refractivity contribution in [2.45, 2.75) is 44.6 Å². The van der Waals surface area contributed by atoms with Crippen LogP contribution in [0.4, 0.5) is 5.82 Å². The molecule has 2 aromatic rings. The van der Waals surface area contributed by atoms with E-state index in [0.29, 0.717) is 56.9 Å². The lowest BCUT2D eigenvalue weighted by Gasteiger charge is -2.35. The molecule has 0 radical (unpaired) electrons. The van der Waals surface area contributed by atoms with Gasteiger partial charge in [0.2, 0.25) is 10.0 Å². The van der Waals surface area contributed by atoms with Gasteiger partial charge in [-0.05, 0) is 44.9 Å². The van der Waals surface area contributed by atoms with Crippen molar-refractivity contribution in [2.24, 2.45) is 5.92 Å². The summed E-state index contributed by atoms with van der Waals surface area (Å²) in [6, 6.07) is 8.07. The highest BCUT2D eigenvalue weighted by atomic mass is 32.2. The fourth-order valence-corrected chi connectivity index (χ4v) is 5.88. The molecule has 0 aliphatic carbocycles. The molecule has 2 aliphatic heterocycles. The summed E-state index contributed by atoms with van der Waals surface area (Å²) < 4.78 is 33.2. The number of esters is 1. The molecule has 2 aliphatic rings. The summed E-state index contributed by atoms with van der Waals surface area (Å²) in [5, 5.41) is 9.15. The van der Waals surface area contributed by atoms with Crippen molar-refractivity contribution >= 4 is 21.8 Å². The highest BCUT2D eigenvalue weighted by molar-refractivity contribution is 7.89. The van der Waals surface area contributed by atoms with Gasteiger partial charge in [-0.1, -0.05) is 6.07 Å². The van der Waals surface area contributed by atoms with Gasteiger partial charge in [0.25, 0.3) is 0 Å². The molecule has 0 saturated carbocycles. The number of sulfonamides is 1. The van der Waals surface area contributed by atoms with Gasteiger partial charge >= 0.3 is 5.97 Å². The lowest BCUT2D eigenvalue weighted by Crippen LogP contribution is -2.41. The van der Waals surface area contributed by atoms with E-state index >= 15 is 0 Å². The van der Waals surface area contributed by atoms with Crippen LogP contribution in [0.5, 0.6) is 0 Å². The molecule has 10 heteroatoms. The number of carbonyl (C=O) groups is 1. The standard InChI is InChI=1S/C23H27N5O4S/c1-3-32-23(29)18-7-10-27(11-8-18)22-20-15-28(12-9-21(20)25-16(2)26-22)33(30,31)19-6-4-5-17(13-19)14-24/h4-6,13,18H,3,7-12,15H2,1-2H3. The SMILES string of the molecule is CCOC(=O)C1CCN(c2nc(C)nc3c2CN(S(=O)(=O)c2cccc(C#N)c2)CC3)CC1. The molecule has 1 aromatic carbocycles. The molecule has 0 bridgehead atoms. The Morgan fingerprint density at radius 2 is 2.00 bits per heavy atom. The van der Waals surface area contributed by atoms with Gasteiger partial charge in [-0.15, -0.1) is 0 Å². The van der Waals surface area contributed by atoms with E-state index in [1.165, 1.54) is 16.4 Å². The van der Waals surface area contributed by atoms with Gasteiger partial charge in [-0.25, -0.2) is 18.4 Å². The molecule has 1 saturated heterocycles. The predicted octanol–water partition coefficient (Wildman–Crippen LogP) is 2.18. The Labute approximate surface area is 194 Å². The molecular formula is C23H27N5O4S. The summed E-state index contributed by atoms with van der Waals surface area (Å²) in [7, 11) is -3.77. The van der Waals surface area contributed by atoms with E-state index in [2.05, 4.69) is 14.9 Å². The van der Waals surface area contributed by atoms with Gasteiger partial charge in [-0.2, -0.15) is 9.57 Å². The zero-order chi connectivity index (χ0) is 23.6. The highest BCUT2D eigenvalue weighted by Gasteiger charge is 2.34. The van der Waals surface area contributed by atoms with Gasteiger partial charge in [0.15, 0.2) is 0 Å². The van der Waals surface area contributed by atoms with Crippen LogP contribution in [0.3, 0.4) is 0 Å². The molecule has 0 N–H and O–H groups in total. The monoisotopic (exact) mass is 469 g/mol. The third-order valence-corrected chi connectivity index (χ3v) is 7.97. The number of hydrogen-bond donors (Lipinski definition) is 0. The minimum Gasteiger partial charge on any atom is -0.466 e. The summed E-state index contributed by atoms with van der Waals surface area (Å²) in [6.07, 6.45) is 1.82. The summed E-state index contributed by atoms with van der Waals surface area (Å²) in [4.78, 5) is 23.6. The van der Waals surface area contributed by atoms with Crippen molar-refractivity contribution in [3.8, 4) is 6.07 Å². The summed E-state index contributed by atoms with van der Waals surface area (Å²) >= 11 is 0. The fourth-order valence-electron chi connectivity index (χ4n) is 4.42. The summed E-state index contributed by atoms with van der Waals surface area (Å²) in [5.74, 6) is 1.11. The van der Waals surface area contributed by atoms with Crippen molar-refractivity contribution in [3.63, 3.8) is 0 Å². The van der Waals surface area contributed by atoms with Crippen LogP contribution >= 0.6 is 0 Å². The number of hydrogen-bond acceptors (Lipinski definition) is 8. The minimum atomic E-state index is -3.77. The van der Waals surface area contributed by atoms with E-state index < -0.39 is 10.0 Å². The Balaban J connectivity index is 1.59. The maximum absolute atomic E-state index is 13.3. The molecule has 0 atom stereocenters. The van der Waals surface area contributed by atoms with Crippen LogP contribution in [0.25, 0.3) is 0 Å². The van der Waals surface area contributed by atoms with Crippen LogP contribution in [0.1, 0.15) is 42.4 Å². The van der Waals surface area contributed by atoms with Crippen LogP contribution in [0, 0.1) is 24.2 Å². The maximum atomic E-state index is 13.3. The number of aromatic nitrogens is 2. The fraction of sp³-hybridized carbons (Fsp3) is 0.478. The van der Waals surface area contributed by atoms with Crippen LogP contribution in [-0.2, 0) is 32.5 Å². The Morgan fingerprint density at radius 1 is 1.24 bits per heavy atom. The smallest absolute Gasteiger partial charge is 0.309 e. The average molecular weight is 470 g/mol. The number of anilines is 1. The molecule has 174 valence electrons. The number of carbonyl (C=O) groups excluding carboxylic acids is 1. The Morgan fingerprint density at radius 3 is 2.70 bits per heavy atom. The third-order valence-electron chi connectivity index (χ3n) is 6.13. The molecule has 0 amide bonds. The molecule has 1 aromatic heterocycles. The largest absolute Gasteiger partial charge is 0.466 e. The van der Waals surface area contributed by atoms with E-state index in [0.717, 1.165) is 17.1 Å². The first kappa shape index (κ1) is 23.1. The molecular weight excluding hydrogens is 442 g/mol. The number of piperidine rings is 1. The predicted molar refractivity (Wildman–Crippen MR) is 121 cm³/mol. The second-order valence-electron chi connectivity index (χ2n) is 8.26. The van der Waals surface area contributed by atoms with Gasteiger partial charge in [0, 0.05) is 38.2 Å². The van der Waals surface area contributed by atoms with Crippen molar-refractivity contribution in [2.75, 3.05) is 31.1 Å². The van der Waals surface area contributed by atoms with Crippen LogP contribution in [-0.4, -0.2) is 54.9 Å². The van der Waals surface area contributed by atoms with Gasteiger partial charge in [-0.3, -0.25) is 4.79 Å². The molecule has 9 nitrogen and oxygen atoms in total. The maximum Gasteiger partial charge on any atom is 0.309 e. The molecule has 0 unspecified atom stereocenters. The quantitative estimate of drug-likeness (QED) is 0.612. The van der Waals surface area contributed by atoms with Crippen LogP contribution in [0.2, 0.25) is 0 Å². The van der Waals surface area contributed by atoms with Gasteiger partial charge in [0.1, 0.15) is 11.6 Å². The van der Waals surface area contributed by atoms with E-state index in [9.17, 15) is 13.2 Å². The van der Waals surface area contributed by atoms with E-state index in [1.807, 2.05) is 13.0 Å². The number of nitrogens with zero attached hydrogens (tertiary/aromatic N) is 5. The Hall–Kier alpha value is -3.03. The average Bonchev–Trinajstić information content (AvgIpc) is 2.83. The number of rotatable bonds is 5. The second-order valence-corrected chi connectivity index (χ2v) is 10.2. The molecule has 33 heavy (non-hydrogen) atoms. The van der Waals surface area contributed by atoms with Crippen molar-refractivity contribution in [1.82, 2.24) is 14.3 Å². The lowest BCUT2D eigenvalue weighted by molar-refractivity contribution is -0.148. The van der Waals surface area contributed by atoms with Gasteiger partial charge < -0.3 is 9.64 Å². The zero-order valence-electron chi connectivity index (χ0n) is 18.8.